The number of carbonyl (C=O) groups is 2. The largest absolute Gasteiger partial charge is 0.321 e. The predicted octanol–water partition coefficient (Wildman–Crippen LogP) is 2.78. The maximum absolute atomic E-state index is 12.2. The predicted molar refractivity (Wildman–Crippen MR) is 90.0 cm³/mol. The number of amides is 1. The fourth-order valence-electron chi connectivity index (χ4n) is 2.26. The minimum absolute atomic E-state index is 0.0556. The fourth-order valence-corrected chi connectivity index (χ4v) is 2.26. The second-order valence-corrected chi connectivity index (χ2v) is 5.38. The molecule has 2 aromatic carbocycles. The summed E-state index contributed by atoms with van der Waals surface area (Å²) in [5.41, 5.74) is 2.38. The number of nitrogens with zero attached hydrogens (tertiary/aromatic N) is 3. The fraction of sp³-hybridized carbons (Fsp3) is 0.111. The van der Waals surface area contributed by atoms with Gasteiger partial charge in [-0.3, -0.25) is 9.59 Å². The maximum Gasteiger partial charge on any atom is 0.277 e. The Morgan fingerprint density at radius 1 is 1.08 bits per heavy atom. The SMILES string of the molecule is CC(=O)c1cccc(NC(=O)c2cn(Cc3ccccc3)nn2)c1. The van der Waals surface area contributed by atoms with E-state index in [1.165, 1.54) is 6.92 Å². The van der Waals surface area contributed by atoms with Crippen LogP contribution in [0.4, 0.5) is 5.69 Å². The Kier molecular flexibility index (Phi) is 4.47. The van der Waals surface area contributed by atoms with Crippen molar-refractivity contribution < 1.29 is 9.59 Å². The van der Waals surface area contributed by atoms with E-state index < -0.39 is 0 Å². The first-order valence-electron chi connectivity index (χ1n) is 7.48. The van der Waals surface area contributed by atoms with E-state index in [1.807, 2.05) is 30.3 Å². The van der Waals surface area contributed by atoms with Gasteiger partial charge in [0.25, 0.3) is 5.91 Å². The van der Waals surface area contributed by atoms with Crippen LogP contribution in [0, 0.1) is 0 Å². The molecule has 0 aliphatic carbocycles. The number of hydrogen-bond donors (Lipinski definition) is 1. The topological polar surface area (TPSA) is 76.9 Å². The molecule has 0 saturated carbocycles. The molecular formula is C18H16N4O2. The first kappa shape index (κ1) is 15.6. The van der Waals surface area contributed by atoms with Crippen LogP contribution in [0.15, 0.2) is 60.8 Å². The van der Waals surface area contributed by atoms with Gasteiger partial charge in [0.2, 0.25) is 0 Å². The highest BCUT2D eigenvalue weighted by Crippen LogP contribution is 2.12. The zero-order valence-corrected chi connectivity index (χ0v) is 13.1. The first-order valence-corrected chi connectivity index (χ1v) is 7.48. The highest BCUT2D eigenvalue weighted by molar-refractivity contribution is 6.03. The summed E-state index contributed by atoms with van der Waals surface area (Å²) in [5, 5.41) is 10.6. The number of nitrogens with one attached hydrogen (secondary N) is 1. The van der Waals surface area contributed by atoms with Crippen molar-refractivity contribution in [3.8, 4) is 0 Å². The molecular weight excluding hydrogens is 304 g/mol. The summed E-state index contributed by atoms with van der Waals surface area (Å²) in [6.45, 7) is 2.02. The molecule has 0 saturated heterocycles. The Balaban J connectivity index is 1.70. The van der Waals surface area contributed by atoms with Crippen molar-refractivity contribution in [3.05, 3.63) is 77.6 Å². The molecule has 0 aliphatic rings. The van der Waals surface area contributed by atoms with Crippen molar-refractivity contribution in [1.82, 2.24) is 15.0 Å². The van der Waals surface area contributed by atoms with E-state index in [0.717, 1.165) is 5.56 Å². The molecule has 1 aromatic heterocycles. The number of anilines is 1. The summed E-state index contributed by atoms with van der Waals surface area (Å²) < 4.78 is 1.61. The van der Waals surface area contributed by atoms with Crippen LogP contribution in [0.2, 0.25) is 0 Å². The molecule has 0 atom stereocenters. The van der Waals surface area contributed by atoms with Gasteiger partial charge in [0.15, 0.2) is 11.5 Å². The van der Waals surface area contributed by atoms with E-state index in [2.05, 4.69) is 15.6 Å². The minimum atomic E-state index is -0.366. The van der Waals surface area contributed by atoms with Crippen LogP contribution in [0.1, 0.15) is 33.3 Å². The molecule has 1 heterocycles. The lowest BCUT2D eigenvalue weighted by atomic mass is 10.1. The monoisotopic (exact) mass is 320 g/mol. The summed E-state index contributed by atoms with van der Waals surface area (Å²) in [6, 6.07) is 16.6. The lowest BCUT2D eigenvalue weighted by Crippen LogP contribution is -2.12. The number of ketones is 1. The van der Waals surface area contributed by atoms with Crippen LogP contribution in [0.5, 0.6) is 0 Å². The van der Waals surface area contributed by atoms with Gasteiger partial charge in [-0.25, -0.2) is 4.68 Å². The molecule has 0 fully saturated rings. The number of carbonyl (C=O) groups excluding carboxylic acids is 2. The first-order chi connectivity index (χ1) is 11.6. The quantitative estimate of drug-likeness (QED) is 0.733. The Bertz CT molecular complexity index is 871. The molecule has 3 aromatic rings. The summed E-state index contributed by atoms with van der Waals surface area (Å²) >= 11 is 0. The lowest BCUT2D eigenvalue weighted by Gasteiger charge is -2.04. The van der Waals surface area contributed by atoms with Gasteiger partial charge in [0, 0.05) is 11.3 Å². The number of benzene rings is 2. The third-order valence-electron chi connectivity index (χ3n) is 3.49. The Hall–Kier alpha value is -3.28. The van der Waals surface area contributed by atoms with Crippen LogP contribution in [-0.4, -0.2) is 26.7 Å². The molecule has 6 heteroatoms. The van der Waals surface area contributed by atoms with E-state index in [4.69, 9.17) is 0 Å². The Morgan fingerprint density at radius 3 is 2.62 bits per heavy atom. The Labute approximate surface area is 139 Å². The van der Waals surface area contributed by atoms with Gasteiger partial charge in [0.05, 0.1) is 12.7 Å². The van der Waals surface area contributed by atoms with Crippen LogP contribution >= 0.6 is 0 Å². The van der Waals surface area contributed by atoms with Crippen LogP contribution in [0.3, 0.4) is 0 Å². The van der Waals surface area contributed by atoms with Crippen molar-refractivity contribution >= 4 is 17.4 Å². The molecule has 0 bridgehead atoms. The number of rotatable bonds is 5. The van der Waals surface area contributed by atoms with Crippen LogP contribution in [0.25, 0.3) is 0 Å². The minimum Gasteiger partial charge on any atom is -0.321 e. The number of aromatic nitrogens is 3. The number of hydrogen-bond acceptors (Lipinski definition) is 4. The summed E-state index contributed by atoms with van der Waals surface area (Å²) in [4.78, 5) is 23.6. The van der Waals surface area contributed by atoms with Gasteiger partial charge >= 0.3 is 0 Å². The molecule has 6 nitrogen and oxygen atoms in total. The van der Waals surface area contributed by atoms with Gasteiger partial charge in [-0.15, -0.1) is 5.10 Å². The van der Waals surface area contributed by atoms with Gasteiger partial charge in [-0.05, 0) is 24.6 Å². The molecule has 3 rings (SSSR count). The molecule has 0 radical (unpaired) electrons. The van der Waals surface area contributed by atoms with Gasteiger partial charge < -0.3 is 5.32 Å². The molecule has 0 unspecified atom stereocenters. The highest BCUT2D eigenvalue weighted by atomic mass is 16.2. The van der Waals surface area contributed by atoms with Crippen LogP contribution in [-0.2, 0) is 6.54 Å². The summed E-state index contributed by atoms with van der Waals surface area (Å²) in [7, 11) is 0. The molecule has 120 valence electrons. The molecule has 0 spiro atoms. The molecule has 1 N–H and O–H groups in total. The lowest BCUT2D eigenvalue weighted by molar-refractivity contribution is 0.100. The van der Waals surface area contributed by atoms with E-state index in [0.29, 0.717) is 17.8 Å². The summed E-state index contributed by atoms with van der Waals surface area (Å²) in [5.74, 6) is -0.421. The molecule has 1 amide bonds. The van der Waals surface area contributed by atoms with Crippen molar-refractivity contribution in [2.24, 2.45) is 0 Å². The standard InChI is InChI=1S/C18H16N4O2/c1-13(23)15-8-5-9-16(10-15)19-18(24)17-12-22(21-20-17)11-14-6-3-2-4-7-14/h2-10,12H,11H2,1H3,(H,19,24). The third kappa shape index (κ3) is 3.73. The van der Waals surface area contributed by atoms with Crippen molar-refractivity contribution in [3.63, 3.8) is 0 Å². The van der Waals surface area contributed by atoms with E-state index in [1.54, 1.807) is 35.1 Å². The van der Waals surface area contributed by atoms with E-state index >= 15 is 0 Å². The average molecular weight is 320 g/mol. The van der Waals surface area contributed by atoms with E-state index in [-0.39, 0.29) is 17.4 Å². The second kappa shape index (κ2) is 6.87. The normalized spacial score (nSPS) is 10.4. The van der Waals surface area contributed by atoms with Gasteiger partial charge in [-0.2, -0.15) is 0 Å². The smallest absolute Gasteiger partial charge is 0.277 e. The zero-order chi connectivity index (χ0) is 16.9. The third-order valence-corrected chi connectivity index (χ3v) is 3.49. The van der Waals surface area contributed by atoms with Crippen molar-refractivity contribution in [2.75, 3.05) is 5.32 Å². The zero-order valence-electron chi connectivity index (χ0n) is 13.1. The van der Waals surface area contributed by atoms with Crippen LogP contribution < -0.4 is 5.32 Å². The summed E-state index contributed by atoms with van der Waals surface area (Å²) in [6.07, 6.45) is 1.59. The van der Waals surface area contributed by atoms with E-state index in [9.17, 15) is 9.59 Å². The highest BCUT2D eigenvalue weighted by Gasteiger charge is 2.12. The number of Topliss-reactive ketones (excluding diaryl/α,β-unsaturated/α-hetero) is 1. The molecule has 0 aliphatic heterocycles. The maximum atomic E-state index is 12.2. The second-order valence-electron chi connectivity index (χ2n) is 5.38. The van der Waals surface area contributed by atoms with Gasteiger partial charge in [0.1, 0.15) is 0 Å². The van der Waals surface area contributed by atoms with Crippen molar-refractivity contribution in [1.29, 1.82) is 0 Å². The average Bonchev–Trinajstić information content (AvgIpc) is 3.04. The Morgan fingerprint density at radius 2 is 1.88 bits per heavy atom. The van der Waals surface area contributed by atoms with Crippen molar-refractivity contribution in [2.45, 2.75) is 13.5 Å². The molecule has 24 heavy (non-hydrogen) atoms. The van der Waals surface area contributed by atoms with Gasteiger partial charge in [-0.1, -0.05) is 47.7 Å².